The van der Waals surface area contributed by atoms with E-state index in [1.165, 1.54) is 22.4 Å². The Kier molecular flexibility index (Phi) is 7.05. The van der Waals surface area contributed by atoms with Gasteiger partial charge in [0, 0.05) is 12.6 Å². The van der Waals surface area contributed by atoms with E-state index < -0.39 is 11.7 Å². The molecular weight excluding hydrogens is 371 g/mol. The van der Waals surface area contributed by atoms with E-state index in [0.717, 1.165) is 12.1 Å². The molecule has 0 bridgehead atoms. The van der Waals surface area contributed by atoms with Gasteiger partial charge in [0.15, 0.2) is 0 Å². The van der Waals surface area contributed by atoms with Gasteiger partial charge in [-0.15, -0.1) is 12.4 Å². The third-order valence-corrected chi connectivity index (χ3v) is 4.36. The second-order valence-electron chi connectivity index (χ2n) is 6.22. The first-order chi connectivity index (χ1) is 12.4. The molecule has 0 heterocycles. The Labute approximate surface area is 163 Å². The summed E-state index contributed by atoms with van der Waals surface area (Å²) < 4.78 is 38.2. The van der Waals surface area contributed by atoms with Gasteiger partial charge in [-0.25, -0.2) is 0 Å². The molecular formula is C22H21ClF3N. The van der Waals surface area contributed by atoms with Crippen molar-refractivity contribution in [2.75, 3.05) is 6.54 Å². The van der Waals surface area contributed by atoms with Crippen molar-refractivity contribution in [2.45, 2.75) is 19.1 Å². The Balaban J connectivity index is 0.00000261. The summed E-state index contributed by atoms with van der Waals surface area (Å²) in [4.78, 5) is 0. The van der Waals surface area contributed by atoms with Crippen molar-refractivity contribution in [3.8, 4) is 0 Å². The van der Waals surface area contributed by atoms with Crippen LogP contribution in [-0.4, -0.2) is 6.54 Å². The topological polar surface area (TPSA) is 12.0 Å². The van der Waals surface area contributed by atoms with Crippen LogP contribution >= 0.6 is 12.4 Å². The molecule has 0 unspecified atom stereocenters. The highest BCUT2D eigenvalue weighted by Gasteiger charge is 2.30. The van der Waals surface area contributed by atoms with E-state index >= 15 is 0 Å². The van der Waals surface area contributed by atoms with E-state index in [9.17, 15) is 13.2 Å². The Hall–Kier alpha value is -2.30. The monoisotopic (exact) mass is 391 g/mol. The molecule has 0 amide bonds. The zero-order chi connectivity index (χ0) is 18.6. The lowest BCUT2D eigenvalue weighted by Gasteiger charge is -2.15. The number of hydrogen-bond donors (Lipinski definition) is 1. The van der Waals surface area contributed by atoms with Gasteiger partial charge in [0.1, 0.15) is 0 Å². The Morgan fingerprint density at radius 1 is 0.963 bits per heavy atom. The fourth-order valence-corrected chi connectivity index (χ4v) is 3.00. The number of benzene rings is 3. The Morgan fingerprint density at radius 2 is 1.67 bits per heavy atom. The Bertz CT molecular complexity index is 913. The maximum absolute atomic E-state index is 12.7. The van der Waals surface area contributed by atoms with Crippen molar-refractivity contribution in [1.29, 1.82) is 0 Å². The van der Waals surface area contributed by atoms with Crippen LogP contribution in [0.1, 0.15) is 29.7 Å². The molecule has 1 atom stereocenters. The third kappa shape index (κ3) is 5.34. The third-order valence-electron chi connectivity index (χ3n) is 4.36. The van der Waals surface area contributed by atoms with Crippen molar-refractivity contribution in [2.24, 2.45) is 0 Å². The molecule has 0 spiro atoms. The van der Waals surface area contributed by atoms with Gasteiger partial charge in [-0.1, -0.05) is 66.7 Å². The summed E-state index contributed by atoms with van der Waals surface area (Å²) in [5.74, 6) is 0. The average Bonchev–Trinajstić information content (AvgIpc) is 2.64. The predicted octanol–water partition coefficient (Wildman–Crippen LogP) is 6.64. The maximum Gasteiger partial charge on any atom is 0.416 e. The van der Waals surface area contributed by atoms with Crippen LogP contribution in [0.3, 0.4) is 0 Å². The van der Waals surface area contributed by atoms with Gasteiger partial charge < -0.3 is 5.32 Å². The minimum absolute atomic E-state index is 0. The van der Waals surface area contributed by atoms with Crippen molar-refractivity contribution >= 4 is 29.3 Å². The van der Waals surface area contributed by atoms with Gasteiger partial charge >= 0.3 is 6.18 Å². The molecule has 0 saturated carbocycles. The first-order valence-corrected chi connectivity index (χ1v) is 8.50. The van der Waals surface area contributed by atoms with Crippen LogP contribution in [0.5, 0.6) is 0 Å². The fraction of sp³-hybridized carbons (Fsp3) is 0.182. The number of nitrogens with one attached hydrogen (secondary N) is 1. The standard InChI is InChI=1S/C22H20F3N.ClH/c1-16(20-13-5-10-18-9-2-3-12-21(18)20)26-14-6-8-17-7-4-11-19(15-17)22(23,24)25;/h2-13,15-16,26H,14H2,1H3;1H/b8-6+;/t16-;/m1./s1. The number of rotatable bonds is 5. The smallest absolute Gasteiger partial charge is 0.307 e. The molecule has 5 heteroatoms. The molecule has 0 aliphatic heterocycles. The lowest BCUT2D eigenvalue weighted by molar-refractivity contribution is -0.137. The maximum atomic E-state index is 12.7. The molecule has 3 aromatic carbocycles. The van der Waals surface area contributed by atoms with E-state index in [2.05, 4.69) is 36.5 Å². The molecule has 0 aromatic heterocycles. The molecule has 142 valence electrons. The number of fused-ring (bicyclic) bond motifs is 1. The van der Waals surface area contributed by atoms with Crippen molar-refractivity contribution in [3.63, 3.8) is 0 Å². The summed E-state index contributed by atoms with van der Waals surface area (Å²) in [6, 6.07) is 19.9. The van der Waals surface area contributed by atoms with Crippen molar-refractivity contribution < 1.29 is 13.2 Å². The van der Waals surface area contributed by atoms with E-state index in [-0.39, 0.29) is 18.4 Å². The van der Waals surface area contributed by atoms with Gasteiger partial charge in [0.25, 0.3) is 0 Å². The molecule has 0 radical (unpaired) electrons. The van der Waals surface area contributed by atoms with Crippen molar-refractivity contribution in [3.05, 3.63) is 89.5 Å². The second-order valence-corrected chi connectivity index (χ2v) is 6.22. The van der Waals surface area contributed by atoms with Crippen LogP contribution in [0.2, 0.25) is 0 Å². The van der Waals surface area contributed by atoms with E-state index in [0.29, 0.717) is 12.1 Å². The van der Waals surface area contributed by atoms with E-state index in [4.69, 9.17) is 0 Å². The lowest BCUT2D eigenvalue weighted by Crippen LogP contribution is -2.18. The summed E-state index contributed by atoms with van der Waals surface area (Å²) in [5, 5.41) is 5.80. The molecule has 27 heavy (non-hydrogen) atoms. The highest BCUT2D eigenvalue weighted by atomic mass is 35.5. The van der Waals surface area contributed by atoms with Crippen LogP contribution in [-0.2, 0) is 6.18 Å². The molecule has 1 nitrogen and oxygen atoms in total. The van der Waals surface area contributed by atoms with Gasteiger partial charge in [0.05, 0.1) is 5.56 Å². The molecule has 3 aromatic rings. The predicted molar refractivity (Wildman–Crippen MR) is 108 cm³/mol. The van der Waals surface area contributed by atoms with Crippen LogP contribution in [0.25, 0.3) is 16.8 Å². The second kappa shape index (κ2) is 9.07. The molecule has 3 rings (SSSR count). The number of hydrogen-bond acceptors (Lipinski definition) is 1. The highest BCUT2D eigenvalue weighted by molar-refractivity contribution is 5.86. The zero-order valence-electron chi connectivity index (χ0n) is 14.8. The van der Waals surface area contributed by atoms with E-state index in [1.54, 1.807) is 12.1 Å². The first-order valence-electron chi connectivity index (χ1n) is 8.50. The normalized spacial score (nSPS) is 12.9. The van der Waals surface area contributed by atoms with Crippen LogP contribution in [0.15, 0.2) is 72.8 Å². The SMILES string of the molecule is C[C@@H](NC/C=C/c1cccc(C(F)(F)F)c1)c1cccc2ccccc12.Cl. The molecule has 0 aliphatic rings. The molecule has 0 fully saturated rings. The van der Waals surface area contributed by atoms with Gasteiger partial charge in [-0.05, 0) is 41.0 Å². The molecule has 0 saturated heterocycles. The molecule has 1 N–H and O–H groups in total. The van der Waals surface area contributed by atoms with Gasteiger partial charge in [-0.3, -0.25) is 0 Å². The summed E-state index contributed by atoms with van der Waals surface area (Å²) in [7, 11) is 0. The lowest BCUT2D eigenvalue weighted by atomic mass is 10.00. The zero-order valence-corrected chi connectivity index (χ0v) is 15.6. The summed E-state index contributed by atoms with van der Waals surface area (Å²) in [5.41, 5.74) is 1.12. The van der Waals surface area contributed by atoms with Crippen LogP contribution < -0.4 is 5.32 Å². The van der Waals surface area contributed by atoms with E-state index in [1.807, 2.05) is 24.3 Å². The fourth-order valence-electron chi connectivity index (χ4n) is 3.00. The number of halogens is 4. The van der Waals surface area contributed by atoms with Crippen molar-refractivity contribution in [1.82, 2.24) is 5.32 Å². The summed E-state index contributed by atoms with van der Waals surface area (Å²) in [6.45, 7) is 2.65. The van der Waals surface area contributed by atoms with Crippen LogP contribution in [0, 0.1) is 0 Å². The Morgan fingerprint density at radius 3 is 2.44 bits per heavy atom. The first kappa shape index (κ1) is 21.0. The highest BCUT2D eigenvalue weighted by Crippen LogP contribution is 2.29. The van der Waals surface area contributed by atoms with Gasteiger partial charge in [-0.2, -0.15) is 13.2 Å². The molecule has 0 aliphatic carbocycles. The van der Waals surface area contributed by atoms with Crippen LogP contribution in [0.4, 0.5) is 13.2 Å². The quantitative estimate of drug-likeness (QED) is 0.513. The average molecular weight is 392 g/mol. The largest absolute Gasteiger partial charge is 0.416 e. The minimum atomic E-state index is -4.31. The number of alkyl halides is 3. The summed E-state index contributed by atoms with van der Waals surface area (Å²) in [6.07, 6.45) is -0.764. The minimum Gasteiger partial charge on any atom is -0.307 e. The van der Waals surface area contributed by atoms with Gasteiger partial charge in [0.2, 0.25) is 0 Å². The summed E-state index contributed by atoms with van der Waals surface area (Å²) >= 11 is 0.